The van der Waals surface area contributed by atoms with Crippen molar-refractivity contribution in [3.63, 3.8) is 0 Å². The SMILES string of the molecule is N[C@H](Cc1ccc(F)cc1Cl)C1CCN(C(=O)c2cnc(C(F)(F)F)nc2)CC1. The van der Waals surface area contributed by atoms with Crippen molar-refractivity contribution in [2.24, 2.45) is 11.7 Å². The fourth-order valence-corrected chi connectivity index (χ4v) is 3.65. The summed E-state index contributed by atoms with van der Waals surface area (Å²) in [6.45, 7) is 0.852. The van der Waals surface area contributed by atoms with Crippen LogP contribution >= 0.6 is 11.6 Å². The Morgan fingerprint density at radius 1 is 1.24 bits per heavy atom. The zero-order valence-electron chi connectivity index (χ0n) is 15.3. The molecule has 0 radical (unpaired) electrons. The van der Waals surface area contributed by atoms with Gasteiger partial charge in [0.25, 0.3) is 5.91 Å². The minimum absolute atomic E-state index is 0.0128. The van der Waals surface area contributed by atoms with Crippen LogP contribution < -0.4 is 5.73 Å². The minimum Gasteiger partial charge on any atom is -0.339 e. The minimum atomic E-state index is -4.65. The monoisotopic (exact) mass is 430 g/mol. The smallest absolute Gasteiger partial charge is 0.339 e. The number of amides is 1. The molecule has 10 heteroatoms. The van der Waals surface area contributed by atoms with E-state index in [2.05, 4.69) is 9.97 Å². The summed E-state index contributed by atoms with van der Waals surface area (Å²) in [6.07, 6.45) is -1.08. The van der Waals surface area contributed by atoms with E-state index in [4.69, 9.17) is 17.3 Å². The van der Waals surface area contributed by atoms with Crippen LogP contribution in [0.25, 0.3) is 0 Å². The maximum absolute atomic E-state index is 13.2. The van der Waals surface area contributed by atoms with Crippen molar-refractivity contribution in [3.8, 4) is 0 Å². The quantitative estimate of drug-likeness (QED) is 0.750. The Labute approximate surface area is 169 Å². The molecule has 0 saturated carbocycles. The maximum Gasteiger partial charge on any atom is 0.451 e. The molecule has 29 heavy (non-hydrogen) atoms. The van der Waals surface area contributed by atoms with E-state index >= 15 is 0 Å². The van der Waals surface area contributed by atoms with Crippen LogP contribution in [0.15, 0.2) is 30.6 Å². The highest BCUT2D eigenvalue weighted by molar-refractivity contribution is 6.31. The van der Waals surface area contributed by atoms with Crippen LogP contribution in [-0.2, 0) is 12.6 Å². The summed E-state index contributed by atoms with van der Waals surface area (Å²) >= 11 is 6.05. The summed E-state index contributed by atoms with van der Waals surface area (Å²) in [6, 6.07) is 3.99. The molecule has 2 aromatic rings. The van der Waals surface area contributed by atoms with Gasteiger partial charge >= 0.3 is 6.18 Å². The first kappa shape index (κ1) is 21.4. The highest BCUT2D eigenvalue weighted by Gasteiger charge is 2.35. The predicted molar refractivity (Wildman–Crippen MR) is 98.8 cm³/mol. The number of halogens is 5. The number of carbonyl (C=O) groups excluding carboxylic acids is 1. The third-order valence-corrected chi connectivity index (χ3v) is 5.41. The second kappa shape index (κ2) is 8.62. The van der Waals surface area contributed by atoms with E-state index in [1.807, 2.05) is 0 Å². The van der Waals surface area contributed by atoms with Gasteiger partial charge in [0.1, 0.15) is 5.82 Å². The summed E-state index contributed by atoms with van der Waals surface area (Å²) in [5.74, 6) is -1.96. The van der Waals surface area contributed by atoms with Crippen molar-refractivity contribution in [3.05, 3.63) is 58.4 Å². The lowest BCUT2D eigenvalue weighted by Crippen LogP contribution is -2.44. The number of alkyl halides is 3. The molecule has 1 aromatic carbocycles. The topological polar surface area (TPSA) is 72.1 Å². The number of benzene rings is 1. The Balaban J connectivity index is 1.56. The first-order chi connectivity index (χ1) is 13.6. The van der Waals surface area contributed by atoms with Crippen molar-refractivity contribution in [2.45, 2.75) is 31.5 Å². The van der Waals surface area contributed by atoms with E-state index in [-0.39, 0.29) is 17.5 Å². The number of carbonyl (C=O) groups is 1. The Kier molecular flexibility index (Phi) is 6.38. The fraction of sp³-hybridized carbons (Fsp3) is 0.421. The highest BCUT2D eigenvalue weighted by Crippen LogP contribution is 2.27. The number of piperidine rings is 1. The van der Waals surface area contributed by atoms with E-state index in [1.54, 1.807) is 11.0 Å². The summed E-state index contributed by atoms with van der Waals surface area (Å²) in [5.41, 5.74) is 7.07. The molecule has 1 aromatic heterocycles. The predicted octanol–water partition coefficient (Wildman–Crippen LogP) is 3.71. The van der Waals surface area contributed by atoms with Gasteiger partial charge in [-0.25, -0.2) is 14.4 Å². The molecule has 1 aliphatic heterocycles. The van der Waals surface area contributed by atoms with Gasteiger partial charge < -0.3 is 10.6 Å². The first-order valence-corrected chi connectivity index (χ1v) is 9.41. The fourth-order valence-electron chi connectivity index (χ4n) is 3.41. The average molecular weight is 431 g/mol. The lowest BCUT2D eigenvalue weighted by atomic mass is 9.86. The van der Waals surface area contributed by atoms with Crippen LogP contribution in [0.5, 0.6) is 0 Å². The second-order valence-electron chi connectivity index (χ2n) is 7.03. The van der Waals surface area contributed by atoms with Gasteiger partial charge in [0.15, 0.2) is 0 Å². The van der Waals surface area contributed by atoms with E-state index < -0.39 is 23.7 Å². The van der Waals surface area contributed by atoms with Crippen LogP contribution in [0.2, 0.25) is 5.02 Å². The van der Waals surface area contributed by atoms with E-state index in [0.29, 0.717) is 37.4 Å². The summed E-state index contributed by atoms with van der Waals surface area (Å²) < 4.78 is 50.8. The van der Waals surface area contributed by atoms with Crippen molar-refractivity contribution in [1.29, 1.82) is 0 Å². The van der Waals surface area contributed by atoms with Gasteiger partial charge in [-0.2, -0.15) is 13.2 Å². The lowest BCUT2D eigenvalue weighted by molar-refractivity contribution is -0.145. The van der Waals surface area contributed by atoms with Gasteiger partial charge in [0.2, 0.25) is 5.82 Å². The highest BCUT2D eigenvalue weighted by atomic mass is 35.5. The molecule has 0 unspecified atom stereocenters. The molecular weight excluding hydrogens is 412 g/mol. The van der Waals surface area contributed by atoms with Crippen LogP contribution in [0.4, 0.5) is 17.6 Å². The lowest BCUT2D eigenvalue weighted by Gasteiger charge is -2.35. The molecule has 1 amide bonds. The van der Waals surface area contributed by atoms with Gasteiger partial charge in [-0.1, -0.05) is 17.7 Å². The molecule has 3 rings (SSSR count). The third kappa shape index (κ3) is 5.22. The molecule has 2 N–H and O–H groups in total. The molecule has 156 valence electrons. The van der Waals surface area contributed by atoms with Gasteiger partial charge in [0.05, 0.1) is 5.56 Å². The molecule has 0 aliphatic carbocycles. The largest absolute Gasteiger partial charge is 0.451 e. The van der Waals surface area contributed by atoms with Crippen LogP contribution in [-0.4, -0.2) is 39.9 Å². The number of rotatable bonds is 4. The van der Waals surface area contributed by atoms with E-state index in [0.717, 1.165) is 18.0 Å². The van der Waals surface area contributed by atoms with Gasteiger partial charge in [-0.15, -0.1) is 0 Å². The van der Waals surface area contributed by atoms with E-state index in [1.165, 1.54) is 12.1 Å². The molecule has 1 saturated heterocycles. The van der Waals surface area contributed by atoms with Gasteiger partial charge in [-0.05, 0) is 42.9 Å². The van der Waals surface area contributed by atoms with E-state index in [9.17, 15) is 22.4 Å². The third-order valence-electron chi connectivity index (χ3n) is 5.06. The molecule has 5 nitrogen and oxygen atoms in total. The van der Waals surface area contributed by atoms with Crippen molar-refractivity contribution < 1.29 is 22.4 Å². The molecule has 2 heterocycles. The number of hydrogen-bond donors (Lipinski definition) is 1. The summed E-state index contributed by atoms with van der Waals surface area (Å²) in [5, 5.41) is 0.329. The van der Waals surface area contributed by atoms with Gasteiger partial charge in [0, 0.05) is 36.5 Å². The number of aromatic nitrogens is 2. The molecular formula is C19H19ClF4N4O. The number of nitrogens with zero attached hydrogens (tertiary/aromatic N) is 3. The Morgan fingerprint density at radius 2 is 1.86 bits per heavy atom. The molecule has 1 atom stereocenters. The van der Waals surface area contributed by atoms with Crippen molar-refractivity contribution in [2.75, 3.05) is 13.1 Å². The Bertz CT molecular complexity index is 868. The van der Waals surface area contributed by atoms with Crippen molar-refractivity contribution in [1.82, 2.24) is 14.9 Å². The van der Waals surface area contributed by atoms with Gasteiger partial charge in [-0.3, -0.25) is 4.79 Å². The Hall–Kier alpha value is -2.26. The molecule has 0 spiro atoms. The molecule has 1 fully saturated rings. The molecule has 0 bridgehead atoms. The standard InChI is InChI=1S/C19H19ClF4N4O/c20-15-8-14(21)2-1-12(15)7-16(25)11-3-5-28(6-4-11)17(29)13-9-26-18(27-10-13)19(22,23)24/h1-2,8-11,16H,3-7,25H2/t16-/m1/s1. The number of nitrogens with two attached hydrogens (primary N) is 1. The van der Waals surface area contributed by atoms with Crippen LogP contribution in [0.1, 0.15) is 34.6 Å². The number of likely N-dealkylation sites (tertiary alicyclic amines) is 1. The van der Waals surface area contributed by atoms with Crippen molar-refractivity contribution >= 4 is 17.5 Å². The normalized spacial score (nSPS) is 16.7. The maximum atomic E-state index is 13.2. The Morgan fingerprint density at radius 3 is 2.41 bits per heavy atom. The second-order valence-corrected chi connectivity index (χ2v) is 7.43. The van der Waals surface area contributed by atoms with Crippen LogP contribution in [0, 0.1) is 11.7 Å². The van der Waals surface area contributed by atoms with Crippen LogP contribution in [0.3, 0.4) is 0 Å². The summed E-state index contributed by atoms with van der Waals surface area (Å²) in [4.78, 5) is 20.5. The number of hydrogen-bond acceptors (Lipinski definition) is 4. The average Bonchev–Trinajstić information content (AvgIpc) is 2.69. The molecule has 1 aliphatic rings. The zero-order chi connectivity index (χ0) is 21.2. The first-order valence-electron chi connectivity index (χ1n) is 9.03. The summed E-state index contributed by atoms with van der Waals surface area (Å²) in [7, 11) is 0. The zero-order valence-corrected chi connectivity index (χ0v) is 16.0.